The van der Waals surface area contributed by atoms with Gasteiger partial charge in [0.2, 0.25) is 0 Å². The number of hydrogen-bond acceptors (Lipinski definition) is 2. The van der Waals surface area contributed by atoms with Gasteiger partial charge in [-0.3, -0.25) is 4.90 Å². The number of likely N-dealkylation sites (N-methyl/N-ethyl adjacent to an activating group) is 1. The Morgan fingerprint density at radius 2 is 2.15 bits per heavy atom. The average Bonchev–Trinajstić information content (AvgIpc) is 2.78. The molecule has 1 aliphatic carbocycles. The van der Waals surface area contributed by atoms with Gasteiger partial charge < -0.3 is 5.32 Å². The Labute approximate surface area is 81.7 Å². The second-order valence-corrected chi connectivity index (χ2v) is 4.84. The van der Waals surface area contributed by atoms with Crippen molar-refractivity contribution in [2.24, 2.45) is 5.92 Å². The first-order chi connectivity index (χ1) is 6.27. The molecule has 0 aromatic rings. The second-order valence-electron chi connectivity index (χ2n) is 4.84. The summed E-state index contributed by atoms with van der Waals surface area (Å²) in [6, 6.07) is 1.59. The maximum atomic E-state index is 3.44. The molecule has 2 atom stereocenters. The van der Waals surface area contributed by atoms with Crippen molar-refractivity contribution in [2.45, 2.75) is 44.7 Å². The fourth-order valence-corrected chi connectivity index (χ4v) is 2.35. The Morgan fingerprint density at radius 3 is 2.69 bits per heavy atom. The summed E-state index contributed by atoms with van der Waals surface area (Å²) in [6.07, 6.45) is 5.74. The maximum absolute atomic E-state index is 3.44. The van der Waals surface area contributed by atoms with Gasteiger partial charge in [0.1, 0.15) is 0 Å². The molecule has 0 spiro atoms. The summed E-state index contributed by atoms with van der Waals surface area (Å²) < 4.78 is 0. The molecule has 0 radical (unpaired) electrons. The largest absolute Gasteiger partial charge is 0.315 e. The fraction of sp³-hybridized carbons (Fsp3) is 1.00. The molecule has 0 aromatic heterocycles. The minimum Gasteiger partial charge on any atom is -0.315 e. The third-order valence-corrected chi connectivity index (χ3v) is 3.68. The van der Waals surface area contributed by atoms with Crippen LogP contribution in [0.15, 0.2) is 0 Å². The molecular weight excluding hydrogens is 160 g/mol. The third-order valence-electron chi connectivity index (χ3n) is 3.68. The number of hydrogen-bond donors (Lipinski definition) is 1. The average molecular weight is 182 g/mol. The van der Waals surface area contributed by atoms with Gasteiger partial charge in [0.05, 0.1) is 0 Å². The first-order valence-corrected chi connectivity index (χ1v) is 5.70. The van der Waals surface area contributed by atoms with Crippen LogP contribution in [0.25, 0.3) is 0 Å². The predicted molar refractivity (Wildman–Crippen MR) is 55.8 cm³/mol. The van der Waals surface area contributed by atoms with E-state index in [0.717, 1.165) is 18.0 Å². The quantitative estimate of drug-likeness (QED) is 0.708. The molecule has 2 fully saturated rings. The summed E-state index contributed by atoms with van der Waals surface area (Å²) >= 11 is 0. The summed E-state index contributed by atoms with van der Waals surface area (Å²) in [4.78, 5) is 2.58. The van der Waals surface area contributed by atoms with Gasteiger partial charge in [0.25, 0.3) is 0 Å². The van der Waals surface area contributed by atoms with Crippen LogP contribution in [0.3, 0.4) is 0 Å². The van der Waals surface area contributed by atoms with Gasteiger partial charge in [-0.2, -0.15) is 0 Å². The van der Waals surface area contributed by atoms with E-state index in [4.69, 9.17) is 0 Å². The monoisotopic (exact) mass is 182 g/mol. The SMILES string of the molecule is CC(CC1CC1)N(C)C1CCNC1. The Hall–Kier alpha value is -0.0800. The van der Waals surface area contributed by atoms with Crippen LogP contribution >= 0.6 is 0 Å². The van der Waals surface area contributed by atoms with E-state index in [1.807, 2.05) is 0 Å². The molecule has 2 unspecified atom stereocenters. The topological polar surface area (TPSA) is 15.3 Å². The zero-order chi connectivity index (χ0) is 9.26. The van der Waals surface area contributed by atoms with E-state index >= 15 is 0 Å². The van der Waals surface area contributed by atoms with Gasteiger partial charge in [0, 0.05) is 18.6 Å². The molecule has 76 valence electrons. The molecule has 13 heavy (non-hydrogen) atoms. The number of nitrogens with zero attached hydrogens (tertiary/aromatic N) is 1. The highest BCUT2D eigenvalue weighted by atomic mass is 15.2. The van der Waals surface area contributed by atoms with Crippen molar-refractivity contribution in [3.05, 3.63) is 0 Å². The van der Waals surface area contributed by atoms with Crippen molar-refractivity contribution in [1.82, 2.24) is 10.2 Å². The van der Waals surface area contributed by atoms with Gasteiger partial charge in [-0.15, -0.1) is 0 Å². The highest BCUT2D eigenvalue weighted by Gasteiger charge is 2.28. The molecule has 1 aliphatic heterocycles. The first-order valence-electron chi connectivity index (χ1n) is 5.70. The zero-order valence-corrected chi connectivity index (χ0v) is 8.92. The molecule has 1 saturated heterocycles. The van der Waals surface area contributed by atoms with Gasteiger partial charge in [-0.1, -0.05) is 12.8 Å². The van der Waals surface area contributed by atoms with E-state index < -0.39 is 0 Å². The molecular formula is C11H22N2. The Kier molecular flexibility index (Phi) is 2.89. The lowest BCUT2D eigenvalue weighted by atomic mass is 10.1. The Balaban J connectivity index is 1.76. The minimum absolute atomic E-state index is 0.789. The molecule has 2 nitrogen and oxygen atoms in total. The fourth-order valence-electron chi connectivity index (χ4n) is 2.35. The summed E-state index contributed by atoms with van der Waals surface area (Å²) in [5.74, 6) is 1.06. The van der Waals surface area contributed by atoms with Crippen LogP contribution in [0, 0.1) is 5.92 Å². The van der Waals surface area contributed by atoms with Crippen LogP contribution in [-0.4, -0.2) is 37.1 Å². The van der Waals surface area contributed by atoms with Crippen LogP contribution in [-0.2, 0) is 0 Å². The third kappa shape index (κ3) is 2.44. The van der Waals surface area contributed by atoms with Crippen LogP contribution in [0.1, 0.15) is 32.6 Å². The van der Waals surface area contributed by atoms with E-state index in [2.05, 4.69) is 24.2 Å². The Morgan fingerprint density at radius 1 is 1.38 bits per heavy atom. The smallest absolute Gasteiger partial charge is 0.0232 e. The summed E-state index contributed by atoms with van der Waals surface area (Å²) in [6.45, 7) is 4.80. The summed E-state index contributed by atoms with van der Waals surface area (Å²) in [5.41, 5.74) is 0. The van der Waals surface area contributed by atoms with Crippen molar-refractivity contribution in [2.75, 3.05) is 20.1 Å². The Bertz CT molecular complexity index is 159. The molecule has 1 saturated carbocycles. The lowest BCUT2D eigenvalue weighted by Gasteiger charge is -2.30. The van der Waals surface area contributed by atoms with Gasteiger partial charge >= 0.3 is 0 Å². The molecule has 2 aliphatic rings. The lowest BCUT2D eigenvalue weighted by Crippen LogP contribution is -2.40. The number of nitrogens with one attached hydrogen (secondary N) is 1. The molecule has 1 N–H and O–H groups in total. The molecule has 0 aromatic carbocycles. The minimum atomic E-state index is 0.789. The predicted octanol–water partition coefficient (Wildman–Crippen LogP) is 1.47. The van der Waals surface area contributed by atoms with Crippen LogP contribution < -0.4 is 5.32 Å². The van der Waals surface area contributed by atoms with E-state index in [1.54, 1.807) is 0 Å². The summed E-state index contributed by atoms with van der Waals surface area (Å²) in [5, 5.41) is 3.44. The van der Waals surface area contributed by atoms with Crippen LogP contribution in [0.5, 0.6) is 0 Å². The molecule has 2 heteroatoms. The van der Waals surface area contributed by atoms with Crippen molar-refractivity contribution in [1.29, 1.82) is 0 Å². The second kappa shape index (κ2) is 3.97. The van der Waals surface area contributed by atoms with E-state index in [1.165, 1.54) is 38.8 Å². The first kappa shape index (κ1) is 9.47. The maximum Gasteiger partial charge on any atom is 0.0232 e. The summed E-state index contributed by atoms with van der Waals surface area (Å²) in [7, 11) is 2.30. The zero-order valence-electron chi connectivity index (χ0n) is 8.92. The molecule has 0 amide bonds. The van der Waals surface area contributed by atoms with Crippen molar-refractivity contribution in [3.8, 4) is 0 Å². The van der Waals surface area contributed by atoms with Gasteiger partial charge in [0.15, 0.2) is 0 Å². The van der Waals surface area contributed by atoms with E-state index in [-0.39, 0.29) is 0 Å². The molecule has 0 bridgehead atoms. The normalized spacial score (nSPS) is 31.2. The van der Waals surface area contributed by atoms with Gasteiger partial charge in [-0.25, -0.2) is 0 Å². The highest BCUT2D eigenvalue weighted by molar-refractivity contribution is 4.84. The number of rotatable bonds is 4. The standard InChI is InChI=1S/C11H22N2/c1-9(7-10-3-4-10)13(2)11-5-6-12-8-11/h9-12H,3-8H2,1-2H3. The van der Waals surface area contributed by atoms with Gasteiger partial charge in [-0.05, 0) is 39.3 Å². The van der Waals surface area contributed by atoms with E-state index in [9.17, 15) is 0 Å². The van der Waals surface area contributed by atoms with Crippen LogP contribution in [0.4, 0.5) is 0 Å². The molecule has 2 rings (SSSR count). The lowest BCUT2D eigenvalue weighted by molar-refractivity contribution is 0.182. The molecule has 1 heterocycles. The van der Waals surface area contributed by atoms with E-state index in [0.29, 0.717) is 0 Å². The van der Waals surface area contributed by atoms with Crippen LogP contribution in [0.2, 0.25) is 0 Å². The van der Waals surface area contributed by atoms with Crippen molar-refractivity contribution >= 4 is 0 Å². The van der Waals surface area contributed by atoms with Crippen molar-refractivity contribution < 1.29 is 0 Å². The highest BCUT2D eigenvalue weighted by Crippen LogP contribution is 2.34. The van der Waals surface area contributed by atoms with Crippen molar-refractivity contribution in [3.63, 3.8) is 0 Å².